The lowest BCUT2D eigenvalue weighted by Crippen LogP contribution is -2.45. The summed E-state index contributed by atoms with van der Waals surface area (Å²) in [5.41, 5.74) is 3.01. The normalized spacial score (nSPS) is 12.8. The molecule has 2 aromatic heterocycles. The van der Waals surface area contributed by atoms with Crippen molar-refractivity contribution >= 4 is 29.1 Å². The Morgan fingerprint density at radius 2 is 1.65 bits per heavy atom. The third kappa shape index (κ3) is 4.36. The summed E-state index contributed by atoms with van der Waals surface area (Å²) < 4.78 is 47.6. The number of esters is 1. The Balaban J connectivity index is 1.70. The Morgan fingerprint density at radius 1 is 1.00 bits per heavy atom. The number of hydrogen-bond acceptors (Lipinski definition) is 7. The molecule has 206 valence electrons. The first-order valence-electron chi connectivity index (χ1n) is 12.1. The number of carbonyl (C=O) groups is 2. The Morgan fingerprint density at radius 3 is 2.20 bits per heavy atom. The fourth-order valence-electron chi connectivity index (χ4n) is 4.66. The predicted molar refractivity (Wildman–Crippen MR) is 142 cm³/mol. The van der Waals surface area contributed by atoms with E-state index in [4.69, 9.17) is 14.2 Å². The van der Waals surface area contributed by atoms with Crippen LogP contribution < -0.4 is 19.3 Å². The minimum absolute atomic E-state index is 0.186. The number of pyridine rings is 1. The highest BCUT2D eigenvalue weighted by Crippen LogP contribution is 2.43. The van der Waals surface area contributed by atoms with Crippen molar-refractivity contribution in [3.8, 4) is 22.8 Å². The van der Waals surface area contributed by atoms with Crippen LogP contribution in [0.15, 0.2) is 48.8 Å². The van der Waals surface area contributed by atoms with E-state index < -0.39 is 29.3 Å². The Hall–Kier alpha value is -5.00. The fourth-order valence-corrected chi connectivity index (χ4v) is 4.66. The van der Waals surface area contributed by atoms with Crippen molar-refractivity contribution < 1.29 is 32.6 Å². The molecule has 2 aromatic carbocycles. The van der Waals surface area contributed by atoms with Gasteiger partial charge in [0.2, 0.25) is 0 Å². The van der Waals surface area contributed by atoms with Crippen LogP contribution in [0.25, 0.3) is 11.3 Å². The average Bonchev–Trinajstić information content (AvgIpc) is 3.30. The Bertz CT molecular complexity index is 1610. The number of methoxy groups -OCH3 is 3. The van der Waals surface area contributed by atoms with E-state index in [2.05, 4.69) is 10.1 Å². The summed E-state index contributed by atoms with van der Waals surface area (Å²) in [6.45, 7) is 1.66. The maximum Gasteiger partial charge on any atom is 0.337 e. The van der Waals surface area contributed by atoms with Crippen LogP contribution >= 0.6 is 0 Å². The molecule has 0 saturated carbocycles. The van der Waals surface area contributed by atoms with Gasteiger partial charge in [-0.1, -0.05) is 0 Å². The topological polar surface area (TPSA) is 99.0 Å². The molecule has 1 aliphatic rings. The van der Waals surface area contributed by atoms with Crippen molar-refractivity contribution in [2.75, 3.05) is 31.1 Å². The average molecular weight is 550 g/mol. The molecule has 0 radical (unpaired) electrons. The summed E-state index contributed by atoms with van der Waals surface area (Å²) in [6.07, 6.45) is 3.36. The molecule has 40 heavy (non-hydrogen) atoms. The van der Waals surface area contributed by atoms with Crippen molar-refractivity contribution in [2.24, 2.45) is 7.05 Å². The van der Waals surface area contributed by atoms with Gasteiger partial charge in [-0.2, -0.15) is 5.10 Å². The molecule has 5 rings (SSSR count). The van der Waals surface area contributed by atoms with Crippen LogP contribution in [0.4, 0.5) is 30.6 Å². The number of rotatable bonds is 6. The Kier molecular flexibility index (Phi) is 6.84. The molecule has 0 fully saturated rings. The first-order chi connectivity index (χ1) is 19.2. The number of aromatic nitrogens is 3. The number of carbonyl (C=O) groups excluding carboxylic acids is 2. The number of benzene rings is 2. The number of amides is 2. The van der Waals surface area contributed by atoms with E-state index in [-0.39, 0.29) is 23.6 Å². The molecule has 1 aliphatic heterocycles. The van der Waals surface area contributed by atoms with Crippen molar-refractivity contribution in [1.29, 1.82) is 0 Å². The molecule has 12 heteroatoms. The van der Waals surface area contributed by atoms with Gasteiger partial charge in [-0.3, -0.25) is 19.5 Å². The van der Waals surface area contributed by atoms with E-state index in [0.717, 1.165) is 22.2 Å². The summed E-state index contributed by atoms with van der Waals surface area (Å²) in [5, 5.41) is 4.37. The molecule has 0 atom stereocenters. The number of halogens is 2. The molecular formula is C28H25F2N5O5. The summed E-state index contributed by atoms with van der Waals surface area (Å²) in [4.78, 5) is 32.9. The zero-order valence-corrected chi connectivity index (χ0v) is 22.4. The predicted octanol–water partition coefficient (Wildman–Crippen LogP) is 5.15. The van der Waals surface area contributed by atoms with Gasteiger partial charge >= 0.3 is 12.0 Å². The molecule has 0 saturated heterocycles. The van der Waals surface area contributed by atoms with Crippen LogP contribution in [0.5, 0.6) is 11.5 Å². The molecule has 3 heterocycles. The number of urea groups is 1. The van der Waals surface area contributed by atoms with Crippen molar-refractivity contribution in [2.45, 2.75) is 13.5 Å². The van der Waals surface area contributed by atoms with Crippen LogP contribution in [-0.2, 0) is 18.3 Å². The number of hydrogen-bond donors (Lipinski definition) is 0. The number of anilines is 3. The van der Waals surface area contributed by atoms with Crippen LogP contribution in [0, 0.1) is 18.6 Å². The third-order valence-corrected chi connectivity index (χ3v) is 6.61. The van der Waals surface area contributed by atoms with E-state index in [1.54, 1.807) is 36.1 Å². The second kappa shape index (κ2) is 10.3. The van der Waals surface area contributed by atoms with Gasteiger partial charge in [-0.25, -0.2) is 18.4 Å². The molecule has 0 N–H and O–H groups in total. The first kappa shape index (κ1) is 26.6. The number of fused-ring (bicyclic) bond motifs is 1. The highest BCUT2D eigenvalue weighted by molar-refractivity contribution is 6.11. The van der Waals surface area contributed by atoms with Gasteiger partial charge in [0.25, 0.3) is 0 Å². The molecular weight excluding hydrogens is 524 g/mol. The third-order valence-electron chi connectivity index (χ3n) is 6.61. The van der Waals surface area contributed by atoms with Crippen LogP contribution in [0.1, 0.15) is 21.6 Å². The standard InChI is InChI=1S/C28H25F2N5O5/c1-15-19(14-33(2)32-15)20-10-21-17(12-31-20)13-34(26-24(29)22(38-3)11-23(39-4)25(26)30)28(37)35(21)18-8-6-16(7-9-18)27(36)40-5/h6-12,14H,13H2,1-5H3. The van der Waals surface area contributed by atoms with Crippen molar-refractivity contribution in [3.63, 3.8) is 0 Å². The van der Waals surface area contributed by atoms with Gasteiger partial charge in [0, 0.05) is 36.6 Å². The number of ether oxygens (including phenoxy) is 3. The quantitative estimate of drug-likeness (QED) is 0.307. The van der Waals surface area contributed by atoms with Gasteiger partial charge in [0.15, 0.2) is 23.1 Å². The molecule has 10 nitrogen and oxygen atoms in total. The highest BCUT2D eigenvalue weighted by atomic mass is 19.1. The smallest absolute Gasteiger partial charge is 0.337 e. The van der Waals surface area contributed by atoms with E-state index in [9.17, 15) is 9.59 Å². The van der Waals surface area contributed by atoms with E-state index in [1.807, 2.05) is 13.1 Å². The lowest BCUT2D eigenvalue weighted by atomic mass is 10.0. The molecule has 4 aromatic rings. The monoisotopic (exact) mass is 549 g/mol. The molecule has 0 spiro atoms. The summed E-state index contributed by atoms with van der Waals surface area (Å²) in [5.74, 6) is -3.25. The van der Waals surface area contributed by atoms with Gasteiger partial charge < -0.3 is 14.2 Å². The second-order valence-corrected chi connectivity index (χ2v) is 9.00. The summed E-state index contributed by atoms with van der Waals surface area (Å²) in [6, 6.07) is 8.14. The minimum atomic E-state index is -1.06. The van der Waals surface area contributed by atoms with Crippen molar-refractivity contribution in [1.82, 2.24) is 14.8 Å². The second-order valence-electron chi connectivity index (χ2n) is 9.00. The minimum Gasteiger partial charge on any atom is -0.493 e. The van der Waals surface area contributed by atoms with Gasteiger partial charge in [-0.05, 0) is 37.3 Å². The van der Waals surface area contributed by atoms with Crippen LogP contribution in [0.3, 0.4) is 0 Å². The first-order valence-corrected chi connectivity index (χ1v) is 12.1. The SMILES string of the molecule is COC(=O)c1ccc(N2C(=O)N(c3c(F)c(OC)cc(OC)c3F)Cc3cnc(-c4cn(C)nc4C)cc32)cc1. The molecule has 0 unspecified atom stereocenters. The maximum absolute atomic E-state index is 15.5. The van der Waals surface area contributed by atoms with E-state index in [0.29, 0.717) is 22.6 Å². The number of nitrogens with zero attached hydrogens (tertiary/aromatic N) is 5. The number of aryl methyl sites for hydroxylation is 2. The van der Waals surface area contributed by atoms with E-state index in [1.165, 1.54) is 38.4 Å². The molecule has 0 bridgehead atoms. The zero-order chi connectivity index (χ0) is 28.7. The van der Waals surface area contributed by atoms with Gasteiger partial charge in [0.05, 0.1) is 56.2 Å². The van der Waals surface area contributed by atoms with Crippen LogP contribution in [-0.4, -0.2) is 48.1 Å². The maximum atomic E-state index is 15.5. The lowest BCUT2D eigenvalue weighted by molar-refractivity contribution is 0.0600. The summed E-state index contributed by atoms with van der Waals surface area (Å²) >= 11 is 0. The Labute approximate surface area is 228 Å². The molecule has 2 amide bonds. The molecule has 0 aliphatic carbocycles. The van der Waals surface area contributed by atoms with Crippen molar-refractivity contribution in [3.05, 3.63) is 77.2 Å². The zero-order valence-electron chi connectivity index (χ0n) is 22.4. The largest absolute Gasteiger partial charge is 0.493 e. The van der Waals surface area contributed by atoms with Gasteiger partial charge in [-0.15, -0.1) is 0 Å². The van der Waals surface area contributed by atoms with Crippen LogP contribution in [0.2, 0.25) is 0 Å². The summed E-state index contributed by atoms with van der Waals surface area (Å²) in [7, 11) is 5.51. The fraction of sp³-hybridized carbons (Fsp3) is 0.214. The lowest BCUT2D eigenvalue weighted by Gasteiger charge is -2.37. The van der Waals surface area contributed by atoms with E-state index >= 15 is 8.78 Å². The highest BCUT2D eigenvalue weighted by Gasteiger charge is 2.38. The van der Waals surface area contributed by atoms with Gasteiger partial charge in [0.1, 0.15) is 5.69 Å².